The number of ether oxygens (including phenoxy) is 1. The molecule has 3 nitrogen and oxygen atoms in total. The van der Waals surface area contributed by atoms with Crippen LogP contribution in [-0.2, 0) is 16.0 Å². The highest BCUT2D eigenvalue weighted by molar-refractivity contribution is 6.30. The second-order valence-electron chi connectivity index (χ2n) is 5.07. The number of carbonyl (C=O) groups excluding carboxylic acids is 1. The van der Waals surface area contributed by atoms with Crippen molar-refractivity contribution in [3.8, 4) is 11.1 Å². The third-order valence-corrected chi connectivity index (χ3v) is 3.80. The topological polar surface area (TPSA) is 42.1 Å². The SMILES string of the molecule is CCOC(=O)Cc1c[nH]c2ccc(-c3cccc(Cl)c3)cc12. The van der Waals surface area contributed by atoms with Crippen molar-refractivity contribution in [3.05, 3.63) is 59.2 Å². The lowest BCUT2D eigenvalue weighted by Gasteiger charge is -2.04. The minimum Gasteiger partial charge on any atom is -0.466 e. The second kappa shape index (κ2) is 6.24. The maximum absolute atomic E-state index is 11.7. The molecule has 0 spiro atoms. The van der Waals surface area contributed by atoms with Gasteiger partial charge < -0.3 is 9.72 Å². The number of rotatable bonds is 4. The summed E-state index contributed by atoms with van der Waals surface area (Å²) in [5.74, 6) is -0.212. The number of halogens is 1. The molecular weight excluding hydrogens is 298 g/mol. The molecule has 0 bridgehead atoms. The Labute approximate surface area is 133 Å². The van der Waals surface area contributed by atoms with Crippen LogP contribution in [0.5, 0.6) is 0 Å². The molecule has 0 radical (unpaired) electrons. The summed E-state index contributed by atoms with van der Waals surface area (Å²) in [6, 6.07) is 13.9. The van der Waals surface area contributed by atoms with Crippen LogP contribution in [0.2, 0.25) is 5.02 Å². The van der Waals surface area contributed by atoms with Gasteiger partial charge in [0.15, 0.2) is 0 Å². The summed E-state index contributed by atoms with van der Waals surface area (Å²) >= 11 is 6.06. The van der Waals surface area contributed by atoms with E-state index in [0.717, 1.165) is 27.6 Å². The average molecular weight is 314 g/mol. The van der Waals surface area contributed by atoms with E-state index in [2.05, 4.69) is 11.1 Å². The van der Waals surface area contributed by atoms with Crippen LogP contribution in [0.25, 0.3) is 22.0 Å². The van der Waals surface area contributed by atoms with E-state index < -0.39 is 0 Å². The first-order valence-electron chi connectivity index (χ1n) is 7.19. The van der Waals surface area contributed by atoms with Crippen LogP contribution in [0.4, 0.5) is 0 Å². The largest absolute Gasteiger partial charge is 0.466 e. The monoisotopic (exact) mass is 313 g/mol. The van der Waals surface area contributed by atoms with E-state index in [1.807, 2.05) is 49.5 Å². The van der Waals surface area contributed by atoms with Gasteiger partial charge in [0.05, 0.1) is 13.0 Å². The standard InChI is InChI=1S/C18H16ClNO2/c1-2-22-18(21)10-14-11-20-17-7-6-13(9-16(14)17)12-4-3-5-15(19)8-12/h3-9,11,20H,2,10H2,1H3. The van der Waals surface area contributed by atoms with Gasteiger partial charge in [-0.1, -0.05) is 29.8 Å². The first-order chi connectivity index (χ1) is 10.7. The molecule has 0 fully saturated rings. The van der Waals surface area contributed by atoms with E-state index in [1.54, 1.807) is 0 Å². The van der Waals surface area contributed by atoms with Gasteiger partial charge in [-0.2, -0.15) is 0 Å². The average Bonchev–Trinajstić information content (AvgIpc) is 2.90. The van der Waals surface area contributed by atoms with Crippen LogP contribution in [0.3, 0.4) is 0 Å². The molecule has 0 saturated heterocycles. The summed E-state index contributed by atoms with van der Waals surface area (Å²) in [6.45, 7) is 2.21. The molecule has 0 saturated carbocycles. The minimum atomic E-state index is -0.212. The van der Waals surface area contributed by atoms with E-state index >= 15 is 0 Å². The second-order valence-corrected chi connectivity index (χ2v) is 5.50. The number of fused-ring (bicyclic) bond motifs is 1. The lowest BCUT2D eigenvalue weighted by molar-refractivity contribution is -0.142. The predicted octanol–water partition coefficient (Wildman–Crippen LogP) is 4.59. The zero-order valence-corrected chi connectivity index (χ0v) is 13.0. The Morgan fingerprint density at radius 3 is 2.77 bits per heavy atom. The fourth-order valence-electron chi connectivity index (χ4n) is 2.54. The molecule has 0 aliphatic carbocycles. The van der Waals surface area contributed by atoms with Gasteiger partial charge in [0.25, 0.3) is 0 Å². The molecule has 112 valence electrons. The number of benzene rings is 2. The van der Waals surface area contributed by atoms with Gasteiger partial charge >= 0.3 is 5.97 Å². The maximum atomic E-state index is 11.7. The van der Waals surface area contributed by atoms with Gasteiger partial charge in [-0.25, -0.2) is 0 Å². The van der Waals surface area contributed by atoms with E-state index in [1.165, 1.54) is 0 Å². The molecule has 22 heavy (non-hydrogen) atoms. The van der Waals surface area contributed by atoms with Crippen LogP contribution in [0.15, 0.2) is 48.7 Å². The van der Waals surface area contributed by atoms with Crippen LogP contribution >= 0.6 is 11.6 Å². The number of aromatic amines is 1. The van der Waals surface area contributed by atoms with Crippen molar-refractivity contribution in [2.24, 2.45) is 0 Å². The zero-order valence-electron chi connectivity index (χ0n) is 12.2. The lowest BCUT2D eigenvalue weighted by Crippen LogP contribution is -2.06. The minimum absolute atomic E-state index is 0.212. The Balaban J connectivity index is 1.99. The first-order valence-corrected chi connectivity index (χ1v) is 7.56. The van der Waals surface area contributed by atoms with Crippen molar-refractivity contribution in [3.63, 3.8) is 0 Å². The number of nitrogens with one attached hydrogen (secondary N) is 1. The maximum Gasteiger partial charge on any atom is 0.310 e. The number of carbonyl (C=O) groups is 1. The highest BCUT2D eigenvalue weighted by atomic mass is 35.5. The quantitative estimate of drug-likeness (QED) is 0.716. The summed E-state index contributed by atoms with van der Waals surface area (Å²) in [5.41, 5.74) is 4.07. The van der Waals surface area contributed by atoms with Crippen LogP contribution in [0, 0.1) is 0 Å². The highest BCUT2D eigenvalue weighted by Crippen LogP contribution is 2.28. The first kappa shape index (κ1) is 14.7. The van der Waals surface area contributed by atoms with Crippen molar-refractivity contribution in [1.82, 2.24) is 4.98 Å². The molecule has 1 aromatic heterocycles. The molecule has 0 aliphatic rings. The highest BCUT2D eigenvalue weighted by Gasteiger charge is 2.10. The van der Waals surface area contributed by atoms with Crippen LogP contribution < -0.4 is 0 Å². The lowest BCUT2D eigenvalue weighted by atomic mass is 10.0. The molecule has 0 amide bonds. The molecule has 0 atom stereocenters. The van der Waals surface area contributed by atoms with Crippen LogP contribution in [0.1, 0.15) is 12.5 Å². The van der Waals surface area contributed by atoms with Gasteiger partial charge in [0.1, 0.15) is 0 Å². The Bertz CT molecular complexity index is 823. The predicted molar refractivity (Wildman–Crippen MR) is 89.1 cm³/mol. The molecule has 1 heterocycles. The van der Waals surface area contributed by atoms with Gasteiger partial charge in [0.2, 0.25) is 0 Å². The number of H-pyrrole nitrogens is 1. The molecule has 0 unspecified atom stereocenters. The summed E-state index contributed by atoms with van der Waals surface area (Å²) < 4.78 is 5.02. The van der Waals surface area contributed by atoms with E-state index in [0.29, 0.717) is 11.6 Å². The third kappa shape index (κ3) is 3.00. The molecule has 0 aliphatic heterocycles. The van der Waals surface area contributed by atoms with Crippen molar-refractivity contribution >= 4 is 28.5 Å². The summed E-state index contributed by atoms with van der Waals surface area (Å²) in [5, 5.41) is 1.74. The number of aromatic nitrogens is 1. The normalized spacial score (nSPS) is 10.8. The van der Waals surface area contributed by atoms with Gasteiger partial charge in [-0.05, 0) is 47.9 Å². The Kier molecular flexibility index (Phi) is 4.16. The van der Waals surface area contributed by atoms with Gasteiger partial charge in [-0.3, -0.25) is 4.79 Å². The summed E-state index contributed by atoms with van der Waals surface area (Å²) in [7, 11) is 0. The number of hydrogen-bond donors (Lipinski definition) is 1. The Morgan fingerprint density at radius 2 is 2.00 bits per heavy atom. The zero-order chi connectivity index (χ0) is 15.5. The van der Waals surface area contributed by atoms with Crippen molar-refractivity contribution in [2.75, 3.05) is 6.61 Å². The number of hydrogen-bond acceptors (Lipinski definition) is 2. The van der Waals surface area contributed by atoms with E-state index in [-0.39, 0.29) is 12.4 Å². The van der Waals surface area contributed by atoms with Crippen molar-refractivity contribution in [1.29, 1.82) is 0 Å². The summed E-state index contributed by atoms with van der Waals surface area (Å²) in [4.78, 5) is 14.9. The fraction of sp³-hybridized carbons (Fsp3) is 0.167. The smallest absolute Gasteiger partial charge is 0.310 e. The van der Waals surface area contributed by atoms with Gasteiger partial charge in [0, 0.05) is 22.1 Å². The third-order valence-electron chi connectivity index (χ3n) is 3.57. The summed E-state index contributed by atoms with van der Waals surface area (Å²) in [6.07, 6.45) is 2.14. The van der Waals surface area contributed by atoms with Crippen LogP contribution in [-0.4, -0.2) is 17.6 Å². The van der Waals surface area contributed by atoms with Crippen molar-refractivity contribution < 1.29 is 9.53 Å². The van der Waals surface area contributed by atoms with Crippen molar-refractivity contribution in [2.45, 2.75) is 13.3 Å². The fourth-order valence-corrected chi connectivity index (χ4v) is 2.73. The number of esters is 1. The molecule has 4 heteroatoms. The molecule has 1 N–H and O–H groups in total. The Hall–Kier alpha value is -2.26. The molecule has 3 rings (SSSR count). The molecule has 2 aromatic carbocycles. The Morgan fingerprint density at radius 1 is 1.18 bits per heavy atom. The van der Waals surface area contributed by atoms with E-state index in [9.17, 15) is 4.79 Å². The molecular formula is C18H16ClNO2. The molecule has 3 aromatic rings. The van der Waals surface area contributed by atoms with Gasteiger partial charge in [-0.15, -0.1) is 0 Å². The van der Waals surface area contributed by atoms with E-state index in [4.69, 9.17) is 16.3 Å².